The van der Waals surface area contributed by atoms with Crippen LogP contribution in [0.3, 0.4) is 0 Å². The van der Waals surface area contributed by atoms with Crippen LogP contribution in [0.5, 0.6) is 0 Å². The highest BCUT2D eigenvalue weighted by atomic mass is 19.1. The Bertz CT molecular complexity index is 425. The van der Waals surface area contributed by atoms with Crippen molar-refractivity contribution in [2.24, 2.45) is 0 Å². The van der Waals surface area contributed by atoms with Crippen molar-refractivity contribution >= 4 is 6.01 Å². The van der Waals surface area contributed by atoms with Crippen LogP contribution in [0, 0.1) is 5.82 Å². The van der Waals surface area contributed by atoms with E-state index in [2.05, 4.69) is 4.98 Å². The smallest absolute Gasteiger partial charge is 0.292 e. The number of hydrogen-bond acceptors (Lipinski definition) is 3. The molecule has 0 aliphatic carbocycles. The molecule has 0 atom stereocenters. The van der Waals surface area contributed by atoms with E-state index in [1.165, 1.54) is 18.4 Å². The van der Waals surface area contributed by atoms with E-state index in [0.717, 1.165) is 0 Å². The van der Waals surface area contributed by atoms with Crippen molar-refractivity contribution in [2.75, 3.05) is 5.73 Å². The lowest BCUT2D eigenvalue weighted by Gasteiger charge is -1.93. The van der Waals surface area contributed by atoms with Crippen LogP contribution < -0.4 is 5.73 Å². The zero-order valence-electron chi connectivity index (χ0n) is 6.70. The molecule has 1 heterocycles. The van der Waals surface area contributed by atoms with Crippen molar-refractivity contribution < 1.29 is 8.81 Å². The van der Waals surface area contributed by atoms with E-state index in [9.17, 15) is 4.39 Å². The summed E-state index contributed by atoms with van der Waals surface area (Å²) in [5.41, 5.74) is 6.47. The van der Waals surface area contributed by atoms with Gasteiger partial charge in [-0.1, -0.05) is 12.1 Å². The van der Waals surface area contributed by atoms with Gasteiger partial charge in [-0.2, -0.15) is 4.98 Å². The molecule has 0 spiro atoms. The van der Waals surface area contributed by atoms with Crippen molar-refractivity contribution in [3.63, 3.8) is 0 Å². The van der Waals surface area contributed by atoms with Crippen molar-refractivity contribution in [2.45, 2.75) is 0 Å². The first-order chi connectivity index (χ1) is 6.25. The molecule has 3 nitrogen and oxygen atoms in total. The second kappa shape index (κ2) is 2.90. The zero-order valence-corrected chi connectivity index (χ0v) is 6.70. The Morgan fingerprint density at radius 2 is 2.23 bits per heavy atom. The Balaban J connectivity index is 2.46. The molecule has 66 valence electrons. The molecule has 2 aromatic rings. The lowest BCUT2D eigenvalue weighted by atomic mass is 10.2. The SMILES string of the molecule is Nc1nc(-c2cccc(F)c2)co1. The number of nitrogens with two attached hydrogens (primary N) is 1. The summed E-state index contributed by atoms with van der Waals surface area (Å²) in [6.45, 7) is 0. The van der Waals surface area contributed by atoms with Gasteiger partial charge in [-0.15, -0.1) is 0 Å². The highest BCUT2D eigenvalue weighted by molar-refractivity contribution is 5.58. The topological polar surface area (TPSA) is 52.0 Å². The van der Waals surface area contributed by atoms with E-state index < -0.39 is 0 Å². The Kier molecular flexibility index (Phi) is 1.73. The van der Waals surface area contributed by atoms with Gasteiger partial charge in [0, 0.05) is 5.56 Å². The summed E-state index contributed by atoms with van der Waals surface area (Å²) in [6, 6.07) is 6.17. The number of nitrogen functional groups attached to an aromatic ring is 1. The fourth-order valence-corrected chi connectivity index (χ4v) is 1.07. The number of hydrogen-bond donors (Lipinski definition) is 1. The van der Waals surface area contributed by atoms with E-state index in [0.29, 0.717) is 11.3 Å². The molecular formula is C9H7FN2O. The van der Waals surface area contributed by atoms with Gasteiger partial charge in [0.05, 0.1) is 0 Å². The maximum atomic E-state index is 12.8. The molecule has 0 saturated carbocycles. The van der Waals surface area contributed by atoms with Crippen LogP contribution in [-0.4, -0.2) is 4.98 Å². The van der Waals surface area contributed by atoms with E-state index in [1.54, 1.807) is 12.1 Å². The van der Waals surface area contributed by atoms with Gasteiger partial charge in [-0.05, 0) is 12.1 Å². The van der Waals surface area contributed by atoms with E-state index in [-0.39, 0.29) is 11.8 Å². The molecule has 1 aromatic carbocycles. The first-order valence-electron chi connectivity index (χ1n) is 3.72. The van der Waals surface area contributed by atoms with E-state index in [4.69, 9.17) is 10.2 Å². The van der Waals surface area contributed by atoms with Gasteiger partial charge in [0.2, 0.25) is 0 Å². The van der Waals surface area contributed by atoms with Crippen LogP contribution in [0.4, 0.5) is 10.4 Å². The summed E-state index contributed by atoms with van der Waals surface area (Å²) < 4.78 is 17.6. The number of halogens is 1. The molecule has 13 heavy (non-hydrogen) atoms. The first kappa shape index (κ1) is 7.79. The standard InChI is InChI=1S/C9H7FN2O/c10-7-3-1-2-6(4-7)8-5-13-9(11)12-8/h1-5H,(H2,11,12). The molecule has 2 rings (SSSR count). The Labute approximate surface area is 74.0 Å². The Hall–Kier alpha value is -1.84. The average molecular weight is 178 g/mol. The maximum absolute atomic E-state index is 12.8. The van der Waals surface area contributed by atoms with Gasteiger partial charge in [0.15, 0.2) is 0 Å². The minimum Gasteiger partial charge on any atom is -0.432 e. The van der Waals surface area contributed by atoms with Gasteiger partial charge in [0.1, 0.15) is 17.8 Å². The van der Waals surface area contributed by atoms with E-state index >= 15 is 0 Å². The van der Waals surface area contributed by atoms with Gasteiger partial charge in [0.25, 0.3) is 6.01 Å². The minimum atomic E-state index is -0.306. The monoisotopic (exact) mass is 178 g/mol. The lowest BCUT2D eigenvalue weighted by molar-refractivity contribution is 0.581. The molecule has 0 aliphatic rings. The van der Waals surface area contributed by atoms with Crippen LogP contribution in [-0.2, 0) is 0 Å². The molecule has 2 N–H and O–H groups in total. The third kappa shape index (κ3) is 1.51. The summed E-state index contributed by atoms with van der Waals surface area (Å²) in [5.74, 6) is -0.306. The van der Waals surface area contributed by atoms with E-state index in [1.807, 2.05) is 0 Å². The van der Waals surface area contributed by atoms with Crippen molar-refractivity contribution in [3.8, 4) is 11.3 Å². The molecule has 1 aromatic heterocycles. The normalized spacial score (nSPS) is 10.2. The number of nitrogens with zero attached hydrogens (tertiary/aromatic N) is 1. The minimum absolute atomic E-state index is 0.0826. The van der Waals surface area contributed by atoms with Gasteiger partial charge in [-0.25, -0.2) is 4.39 Å². The summed E-state index contributed by atoms with van der Waals surface area (Å²) in [5, 5.41) is 0. The number of oxazole rings is 1. The molecule has 0 radical (unpaired) electrons. The predicted molar refractivity (Wildman–Crippen MR) is 46.3 cm³/mol. The quantitative estimate of drug-likeness (QED) is 0.727. The summed E-state index contributed by atoms with van der Waals surface area (Å²) in [4.78, 5) is 3.87. The summed E-state index contributed by atoms with van der Waals surface area (Å²) in [7, 11) is 0. The number of benzene rings is 1. The van der Waals surface area contributed by atoms with Crippen LogP contribution >= 0.6 is 0 Å². The molecule has 4 heteroatoms. The summed E-state index contributed by atoms with van der Waals surface area (Å²) in [6.07, 6.45) is 1.39. The predicted octanol–water partition coefficient (Wildman–Crippen LogP) is 2.06. The van der Waals surface area contributed by atoms with Crippen molar-refractivity contribution in [3.05, 3.63) is 36.3 Å². The molecular weight excluding hydrogens is 171 g/mol. The Morgan fingerprint density at radius 3 is 2.85 bits per heavy atom. The maximum Gasteiger partial charge on any atom is 0.292 e. The highest BCUT2D eigenvalue weighted by Crippen LogP contribution is 2.19. The first-order valence-corrected chi connectivity index (χ1v) is 3.72. The number of rotatable bonds is 1. The zero-order chi connectivity index (χ0) is 9.26. The van der Waals surface area contributed by atoms with Gasteiger partial charge >= 0.3 is 0 Å². The average Bonchev–Trinajstić information content (AvgIpc) is 2.52. The molecule has 0 aliphatic heterocycles. The lowest BCUT2D eigenvalue weighted by Crippen LogP contribution is -1.84. The van der Waals surface area contributed by atoms with Gasteiger partial charge in [-0.3, -0.25) is 0 Å². The van der Waals surface area contributed by atoms with Crippen LogP contribution in [0.25, 0.3) is 11.3 Å². The van der Waals surface area contributed by atoms with Crippen molar-refractivity contribution in [1.82, 2.24) is 4.98 Å². The third-order valence-electron chi connectivity index (χ3n) is 1.64. The molecule has 0 fully saturated rings. The fourth-order valence-electron chi connectivity index (χ4n) is 1.07. The van der Waals surface area contributed by atoms with Crippen LogP contribution in [0.2, 0.25) is 0 Å². The fraction of sp³-hybridized carbons (Fsp3) is 0. The molecule has 0 amide bonds. The van der Waals surface area contributed by atoms with Crippen LogP contribution in [0.15, 0.2) is 34.9 Å². The third-order valence-corrected chi connectivity index (χ3v) is 1.64. The summed E-state index contributed by atoms with van der Waals surface area (Å²) >= 11 is 0. The van der Waals surface area contributed by atoms with Crippen LogP contribution in [0.1, 0.15) is 0 Å². The molecule has 0 saturated heterocycles. The number of anilines is 1. The largest absolute Gasteiger partial charge is 0.432 e. The molecule has 0 bridgehead atoms. The second-order valence-electron chi connectivity index (χ2n) is 2.58. The highest BCUT2D eigenvalue weighted by Gasteiger charge is 2.03. The van der Waals surface area contributed by atoms with Gasteiger partial charge < -0.3 is 10.2 Å². The molecule has 0 unspecified atom stereocenters. The Morgan fingerprint density at radius 1 is 1.38 bits per heavy atom. The second-order valence-corrected chi connectivity index (χ2v) is 2.58. The number of aromatic nitrogens is 1. The van der Waals surface area contributed by atoms with Crippen molar-refractivity contribution in [1.29, 1.82) is 0 Å².